The van der Waals surface area contributed by atoms with Gasteiger partial charge in [0.15, 0.2) is 6.23 Å². The van der Waals surface area contributed by atoms with Gasteiger partial charge in [-0.3, -0.25) is 4.79 Å². The Hall–Kier alpha value is -2.86. The Morgan fingerprint density at radius 2 is 1.96 bits per heavy atom. The quantitative estimate of drug-likeness (QED) is 0.467. The van der Waals surface area contributed by atoms with E-state index < -0.39 is 36.4 Å². The van der Waals surface area contributed by atoms with Gasteiger partial charge in [0.05, 0.1) is 6.61 Å². The number of ether oxygens (including phenoxy) is 3. The molecule has 0 bridgehead atoms. The van der Waals surface area contributed by atoms with Crippen molar-refractivity contribution in [3.63, 3.8) is 0 Å². The maximum absolute atomic E-state index is 11.8. The molecule has 1 aliphatic rings. The van der Waals surface area contributed by atoms with E-state index in [0.29, 0.717) is 0 Å². The fourth-order valence-electron chi connectivity index (χ4n) is 2.64. The summed E-state index contributed by atoms with van der Waals surface area (Å²) in [6.07, 6.45) is -3.63. The number of aromatic nitrogens is 3. The lowest BCUT2D eigenvalue weighted by Crippen LogP contribution is -2.34. The van der Waals surface area contributed by atoms with Crippen LogP contribution in [0.3, 0.4) is 0 Å². The second-order valence-electron chi connectivity index (χ2n) is 6.12. The summed E-state index contributed by atoms with van der Waals surface area (Å²) in [5.74, 6) is -1.73. The van der Waals surface area contributed by atoms with Crippen LogP contribution in [0.5, 0.6) is 0 Å². The summed E-state index contributed by atoms with van der Waals surface area (Å²) in [6.45, 7) is -0.303. The number of nitrogens with zero attached hydrogens (tertiary/aromatic N) is 3. The van der Waals surface area contributed by atoms with E-state index in [0.717, 1.165) is 16.6 Å². The number of hydrogen-bond donors (Lipinski definition) is 3. The lowest BCUT2D eigenvalue weighted by Gasteiger charge is -2.14. The molecule has 0 spiro atoms. The summed E-state index contributed by atoms with van der Waals surface area (Å²) in [5, 5.41) is 24.0. The Morgan fingerprint density at radius 3 is 2.64 bits per heavy atom. The van der Waals surface area contributed by atoms with Crippen LogP contribution in [0.15, 0.2) is 36.7 Å². The molecule has 1 aliphatic heterocycles. The molecule has 2 aromatic rings. The lowest BCUT2D eigenvalue weighted by molar-refractivity contribution is -0.155. The van der Waals surface area contributed by atoms with E-state index in [1.165, 1.54) is 0 Å². The normalized spacial score (nSPS) is 24.2. The minimum atomic E-state index is -1.36. The van der Waals surface area contributed by atoms with Crippen LogP contribution in [-0.4, -0.2) is 68.4 Å². The number of aliphatic hydroxyl groups excluding tert-OH is 2. The van der Waals surface area contributed by atoms with Crippen molar-refractivity contribution in [3.05, 3.63) is 48.0 Å². The van der Waals surface area contributed by atoms with Crippen LogP contribution in [0.4, 0.5) is 0 Å². The molecular weight excluding hydrogens is 372 g/mol. The topological polar surface area (TPSA) is 159 Å². The van der Waals surface area contributed by atoms with Gasteiger partial charge in [0.25, 0.3) is 5.91 Å². The van der Waals surface area contributed by atoms with Crippen LogP contribution in [0.25, 0.3) is 0 Å². The van der Waals surface area contributed by atoms with Gasteiger partial charge in [0, 0.05) is 0 Å². The highest BCUT2D eigenvalue weighted by Gasteiger charge is 2.45. The first-order valence-corrected chi connectivity index (χ1v) is 8.45. The van der Waals surface area contributed by atoms with Crippen LogP contribution in [0, 0.1) is 0 Å². The first-order valence-electron chi connectivity index (χ1n) is 8.45. The molecule has 28 heavy (non-hydrogen) atoms. The summed E-state index contributed by atoms with van der Waals surface area (Å²) in [4.78, 5) is 26.5. The van der Waals surface area contributed by atoms with Crippen LogP contribution in [-0.2, 0) is 25.6 Å². The fourth-order valence-corrected chi connectivity index (χ4v) is 2.64. The first kappa shape index (κ1) is 19.9. The Labute approximate surface area is 159 Å². The Bertz CT molecular complexity index is 813. The highest BCUT2D eigenvalue weighted by molar-refractivity contribution is 5.88. The van der Waals surface area contributed by atoms with Gasteiger partial charge in [0.1, 0.15) is 37.9 Å². The minimum Gasteiger partial charge on any atom is -0.461 e. The highest BCUT2D eigenvalue weighted by atomic mass is 16.6. The van der Waals surface area contributed by atoms with E-state index in [1.54, 1.807) is 0 Å². The van der Waals surface area contributed by atoms with Crippen molar-refractivity contribution in [3.8, 4) is 0 Å². The third-order valence-electron chi connectivity index (χ3n) is 4.07. The predicted octanol–water partition coefficient (Wildman–Crippen LogP) is -1.24. The van der Waals surface area contributed by atoms with Crippen molar-refractivity contribution in [1.82, 2.24) is 14.8 Å². The maximum Gasteiger partial charge on any atom is 0.332 e. The van der Waals surface area contributed by atoms with Gasteiger partial charge < -0.3 is 30.2 Å². The number of esters is 1. The number of primary amides is 1. The molecule has 1 unspecified atom stereocenters. The second-order valence-corrected chi connectivity index (χ2v) is 6.12. The van der Waals surface area contributed by atoms with Crippen molar-refractivity contribution in [2.75, 3.05) is 13.2 Å². The fraction of sp³-hybridized carbons (Fsp3) is 0.412. The zero-order chi connectivity index (χ0) is 20.1. The van der Waals surface area contributed by atoms with Crippen molar-refractivity contribution in [2.24, 2.45) is 5.73 Å². The first-order chi connectivity index (χ1) is 13.5. The summed E-state index contributed by atoms with van der Waals surface area (Å²) >= 11 is 0. The van der Waals surface area contributed by atoms with Crippen molar-refractivity contribution < 1.29 is 34.0 Å². The van der Waals surface area contributed by atoms with Gasteiger partial charge in [-0.15, -0.1) is 5.10 Å². The number of carbonyl (C=O) groups is 2. The molecule has 1 saturated heterocycles. The van der Waals surface area contributed by atoms with Crippen molar-refractivity contribution in [1.29, 1.82) is 0 Å². The monoisotopic (exact) mass is 392 g/mol. The molecule has 4 N–H and O–H groups in total. The van der Waals surface area contributed by atoms with E-state index in [-0.39, 0.29) is 25.6 Å². The van der Waals surface area contributed by atoms with Gasteiger partial charge in [-0.25, -0.2) is 14.5 Å². The molecule has 11 heteroatoms. The average Bonchev–Trinajstić information content (AvgIpc) is 3.27. The molecule has 1 aromatic carbocycles. The van der Waals surface area contributed by atoms with E-state index in [2.05, 4.69) is 10.1 Å². The number of rotatable bonds is 8. The molecule has 1 aromatic heterocycles. The highest BCUT2D eigenvalue weighted by Crippen LogP contribution is 2.28. The molecule has 2 heterocycles. The third kappa shape index (κ3) is 4.70. The smallest absolute Gasteiger partial charge is 0.332 e. The molecule has 1 fully saturated rings. The summed E-state index contributed by atoms with van der Waals surface area (Å²) in [5.41, 5.74) is 5.99. The summed E-state index contributed by atoms with van der Waals surface area (Å²) < 4.78 is 16.8. The van der Waals surface area contributed by atoms with Gasteiger partial charge in [-0.1, -0.05) is 30.3 Å². The van der Waals surface area contributed by atoms with E-state index >= 15 is 0 Å². The van der Waals surface area contributed by atoms with Crippen LogP contribution in [0.2, 0.25) is 0 Å². The van der Waals surface area contributed by atoms with Crippen LogP contribution in [0.1, 0.15) is 22.4 Å². The van der Waals surface area contributed by atoms with Crippen molar-refractivity contribution in [2.45, 2.75) is 31.1 Å². The summed E-state index contributed by atoms with van der Waals surface area (Å²) in [7, 11) is 0. The lowest BCUT2D eigenvalue weighted by atomic mass is 10.1. The van der Waals surface area contributed by atoms with Gasteiger partial charge in [-0.05, 0) is 5.56 Å². The Balaban J connectivity index is 1.46. The SMILES string of the molecule is NC(=O)c1ncn([C@@H]2O[C@H](COC(=O)COCc3ccccc3)[C@@H](O)C2O)n1. The van der Waals surface area contributed by atoms with Crippen LogP contribution >= 0.6 is 0 Å². The molecule has 150 valence electrons. The standard InChI is InChI=1S/C17H20N4O7/c18-15(25)16-19-9-21(20-16)17-14(24)13(23)11(28-17)7-27-12(22)8-26-6-10-4-2-1-3-5-10/h1-5,9,11,13-14,17,23-24H,6-8H2,(H2,18,25)/t11-,13-,14?,17-/m1/s1. The Morgan fingerprint density at radius 1 is 1.21 bits per heavy atom. The molecule has 0 radical (unpaired) electrons. The second kappa shape index (κ2) is 8.89. The van der Waals surface area contributed by atoms with E-state index in [1.807, 2.05) is 30.3 Å². The number of nitrogens with two attached hydrogens (primary N) is 1. The summed E-state index contributed by atoms with van der Waals surface area (Å²) in [6, 6.07) is 9.32. The zero-order valence-corrected chi connectivity index (χ0v) is 14.7. The molecule has 1 amide bonds. The van der Waals surface area contributed by atoms with Gasteiger partial charge >= 0.3 is 5.97 Å². The van der Waals surface area contributed by atoms with Crippen molar-refractivity contribution >= 4 is 11.9 Å². The zero-order valence-electron chi connectivity index (χ0n) is 14.7. The molecule has 11 nitrogen and oxygen atoms in total. The molecule has 4 atom stereocenters. The molecule has 0 aliphatic carbocycles. The third-order valence-corrected chi connectivity index (χ3v) is 4.07. The number of benzene rings is 1. The number of hydrogen-bond acceptors (Lipinski definition) is 9. The van der Waals surface area contributed by atoms with Gasteiger partial charge in [-0.2, -0.15) is 0 Å². The molecular formula is C17H20N4O7. The molecule has 3 rings (SSSR count). The predicted molar refractivity (Wildman–Crippen MR) is 91.5 cm³/mol. The number of amides is 1. The largest absolute Gasteiger partial charge is 0.461 e. The number of aliphatic hydroxyl groups is 2. The van der Waals surface area contributed by atoms with E-state index in [9.17, 15) is 19.8 Å². The Kier molecular flexibility index (Phi) is 6.31. The number of carbonyl (C=O) groups excluding carboxylic acids is 2. The van der Waals surface area contributed by atoms with Gasteiger partial charge in [0.2, 0.25) is 5.82 Å². The van der Waals surface area contributed by atoms with E-state index in [4.69, 9.17) is 19.9 Å². The minimum absolute atomic E-state index is 0.254. The molecule has 0 saturated carbocycles. The average molecular weight is 392 g/mol. The van der Waals surface area contributed by atoms with Crippen LogP contribution < -0.4 is 5.73 Å². The maximum atomic E-state index is 11.8.